The second-order valence-electron chi connectivity index (χ2n) is 2.23. The number of aromatic amines is 1. The molecule has 0 radical (unpaired) electrons. The molecule has 2 N–H and O–H groups in total. The van der Waals surface area contributed by atoms with Gasteiger partial charge in [-0.1, -0.05) is 11.6 Å². The number of anilines is 1. The lowest BCUT2D eigenvalue weighted by Gasteiger charge is -1.90. The van der Waals surface area contributed by atoms with Crippen LogP contribution in [-0.4, -0.2) is 10.9 Å². The van der Waals surface area contributed by atoms with Gasteiger partial charge in [0.15, 0.2) is 0 Å². The molecular weight excluding hydrogens is 152 g/mol. The number of hydrogen-bond acceptors (Lipinski definition) is 1. The van der Waals surface area contributed by atoms with Gasteiger partial charge < -0.3 is 10.3 Å². The van der Waals surface area contributed by atoms with Crippen LogP contribution in [0.3, 0.4) is 0 Å². The minimum Gasteiger partial charge on any atom is -0.350 e. The normalized spacial score (nSPS) is 15.1. The van der Waals surface area contributed by atoms with Gasteiger partial charge in [0.2, 0.25) is 5.91 Å². The Morgan fingerprint density at radius 1 is 1.60 bits per heavy atom. The summed E-state index contributed by atoms with van der Waals surface area (Å²) >= 11 is 5.68. The highest BCUT2D eigenvalue weighted by atomic mass is 35.5. The van der Waals surface area contributed by atoms with E-state index in [1.807, 2.05) is 0 Å². The van der Waals surface area contributed by atoms with E-state index in [1.165, 1.54) is 0 Å². The molecule has 10 heavy (non-hydrogen) atoms. The Hall–Kier alpha value is -0.960. The predicted octanol–water partition coefficient (Wildman–Crippen LogP) is 1.16. The first kappa shape index (κ1) is 5.80. The van der Waals surface area contributed by atoms with E-state index >= 15 is 0 Å². The fourth-order valence-corrected chi connectivity index (χ4v) is 1.29. The first-order valence-corrected chi connectivity index (χ1v) is 3.31. The van der Waals surface area contributed by atoms with Crippen LogP contribution in [0.1, 0.15) is 5.56 Å². The monoisotopic (exact) mass is 156 g/mol. The van der Waals surface area contributed by atoms with Crippen molar-refractivity contribution in [2.75, 3.05) is 5.32 Å². The molecule has 0 saturated heterocycles. The lowest BCUT2D eigenvalue weighted by atomic mass is 10.3. The average molecular weight is 157 g/mol. The number of rotatable bonds is 0. The molecule has 0 fully saturated rings. The van der Waals surface area contributed by atoms with Crippen LogP contribution in [0, 0.1) is 0 Å². The molecule has 0 atom stereocenters. The molecule has 4 heteroatoms. The molecule has 1 amide bonds. The Kier molecular flexibility index (Phi) is 1.02. The lowest BCUT2D eigenvalue weighted by molar-refractivity contribution is -0.115. The van der Waals surface area contributed by atoms with Crippen molar-refractivity contribution in [2.45, 2.75) is 6.42 Å². The number of carbonyl (C=O) groups is 1. The number of aromatic nitrogens is 1. The maximum Gasteiger partial charge on any atom is 0.229 e. The van der Waals surface area contributed by atoms with E-state index < -0.39 is 0 Å². The average Bonchev–Trinajstić information content (AvgIpc) is 2.35. The Balaban J connectivity index is 2.53. The van der Waals surface area contributed by atoms with E-state index in [0.29, 0.717) is 11.6 Å². The molecule has 2 heterocycles. The molecule has 1 aliphatic heterocycles. The van der Waals surface area contributed by atoms with E-state index in [-0.39, 0.29) is 5.91 Å². The molecule has 1 aromatic heterocycles. The molecule has 0 saturated carbocycles. The fourth-order valence-electron chi connectivity index (χ4n) is 1.07. The van der Waals surface area contributed by atoms with E-state index in [1.54, 1.807) is 6.20 Å². The molecule has 1 aromatic rings. The van der Waals surface area contributed by atoms with Gasteiger partial charge in [-0.3, -0.25) is 4.79 Å². The molecule has 0 aromatic carbocycles. The van der Waals surface area contributed by atoms with Crippen LogP contribution in [-0.2, 0) is 11.2 Å². The van der Waals surface area contributed by atoms with Crippen LogP contribution in [0.15, 0.2) is 6.20 Å². The number of nitrogens with one attached hydrogen (secondary N) is 2. The predicted molar refractivity (Wildman–Crippen MR) is 38.1 cm³/mol. The molecule has 3 nitrogen and oxygen atoms in total. The first-order valence-electron chi connectivity index (χ1n) is 2.93. The number of hydrogen-bond donors (Lipinski definition) is 2. The number of fused-ring (bicyclic) bond motifs is 1. The molecule has 0 aliphatic carbocycles. The van der Waals surface area contributed by atoms with E-state index in [9.17, 15) is 4.79 Å². The van der Waals surface area contributed by atoms with Gasteiger partial charge in [-0.25, -0.2) is 0 Å². The summed E-state index contributed by atoms with van der Waals surface area (Å²) in [6.45, 7) is 0. The molecule has 1 aliphatic rings. The molecular formula is C6H5ClN2O. The second-order valence-corrected chi connectivity index (χ2v) is 2.61. The van der Waals surface area contributed by atoms with E-state index in [2.05, 4.69) is 10.3 Å². The quantitative estimate of drug-likeness (QED) is 0.582. The van der Waals surface area contributed by atoms with Crippen LogP contribution in [0.2, 0.25) is 5.15 Å². The standard InChI is InChI=1S/C6H5ClN2O/c7-6-5-3(2-8-6)1-4(10)9-5/h2,8H,1H2,(H,9,10). The van der Waals surface area contributed by atoms with Gasteiger partial charge in [0.1, 0.15) is 5.15 Å². The highest BCUT2D eigenvalue weighted by Crippen LogP contribution is 2.29. The smallest absolute Gasteiger partial charge is 0.229 e. The summed E-state index contributed by atoms with van der Waals surface area (Å²) in [5.41, 5.74) is 1.70. The SMILES string of the molecule is O=C1Cc2c[nH]c(Cl)c2N1. The van der Waals surface area contributed by atoms with Gasteiger partial charge in [0.05, 0.1) is 12.1 Å². The minimum absolute atomic E-state index is 0.0147. The second kappa shape index (κ2) is 1.76. The van der Waals surface area contributed by atoms with Crippen molar-refractivity contribution in [1.82, 2.24) is 4.98 Å². The Bertz CT molecular complexity index is 292. The zero-order chi connectivity index (χ0) is 7.14. The molecule has 2 rings (SSSR count). The van der Waals surface area contributed by atoms with Crippen molar-refractivity contribution >= 4 is 23.2 Å². The third-order valence-electron chi connectivity index (χ3n) is 1.53. The third-order valence-corrected chi connectivity index (χ3v) is 1.83. The van der Waals surface area contributed by atoms with Crippen LogP contribution in [0.25, 0.3) is 0 Å². The van der Waals surface area contributed by atoms with Gasteiger partial charge >= 0.3 is 0 Å². The Morgan fingerprint density at radius 3 is 3.10 bits per heavy atom. The van der Waals surface area contributed by atoms with Crippen LogP contribution in [0.4, 0.5) is 5.69 Å². The van der Waals surface area contributed by atoms with Gasteiger partial charge in [-0.15, -0.1) is 0 Å². The van der Waals surface area contributed by atoms with Crippen molar-refractivity contribution in [3.05, 3.63) is 16.9 Å². The topological polar surface area (TPSA) is 44.9 Å². The van der Waals surface area contributed by atoms with Crippen LogP contribution in [0.5, 0.6) is 0 Å². The maximum absolute atomic E-state index is 10.7. The fraction of sp³-hybridized carbons (Fsp3) is 0.167. The van der Waals surface area contributed by atoms with Crippen molar-refractivity contribution < 1.29 is 4.79 Å². The van der Waals surface area contributed by atoms with Crippen LogP contribution >= 0.6 is 11.6 Å². The van der Waals surface area contributed by atoms with Gasteiger partial charge in [0, 0.05) is 11.8 Å². The number of H-pyrrole nitrogens is 1. The summed E-state index contributed by atoms with van der Waals surface area (Å²) in [5.74, 6) is 0.0147. The van der Waals surface area contributed by atoms with Gasteiger partial charge in [-0.05, 0) is 0 Å². The van der Waals surface area contributed by atoms with Crippen molar-refractivity contribution in [3.8, 4) is 0 Å². The Morgan fingerprint density at radius 2 is 2.40 bits per heavy atom. The molecule has 52 valence electrons. The maximum atomic E-state index is 10.7. The number of amides is 1. The summed E-state index contributed by atoms with van der Waals surface area (Å²) in [7, 11) is 0. The summed E-state index contributed by atoms with van der Waals surface area (Å²) in [5, 5.41) is 3.16. The van der Waals surface area contributed by atoms with E-state index in [4.69, 9.17) is 11.6 Å². The minimum atomic E-state index is 0.0147. The van der Waals surface area contributed by atoms with Crippen molar-refractivity contribution in [2.24, 2.45) is 0 Å². The zero-order valence-electron chi connectivity index (χ0n) is 5.07. The summed E-state index contributed by atoms with van der Waals surface area (Å²) < 4.78 is 0. The van der Waals surface area contributed by atoms with E-state index in [0.717, 1.165) is 11.3 Å². The number of carbonyl (C=O) groups excluding carboxylic acids is 1. The lowest BCUT2D eigenvalue weighted by Crippen LogP contribution is -2.04. The molecule has 0 bridgehead atoms. The van der Waals surface area contributed by atoms with Crippen molar-refractivity contribution in [3.63, 3.8) is 0 Å². The highest BCUT2D eigenvalue weighted by Gasteiger charge is 2.20. The number of halogens is 1. The summed E-state index contributed by atoms with van der Waals surface area (Å²) in [6, 6.07) is 0. The third kappa shape index (κ3) is 0.640. The highest BCUT2D eigenvalue weighted by molar-refractivity contribution is 6.33. The molecule has 0 unspecified atom stereocenters. The van der Waals surface area contributed by atoms with Gasteiger partial charge in [0.25, 0.3) is 0 Å². The Labute approximate surface area is 62.4 Å². The van der Waals surface area contributed by atoms with Crippen LogP contribution < -0.4 is 5.32 Å². The first-order chi connectivity index (χ1) is 4.77. The zero-order valence-corrected chi connectivity index (χ0v) is 5.83. The van der Waals surface area contributed by atoms with Gasteiger partial charge in [-0.2, -0.15) is 0 Å². The summed E-state index contributed by atoms with van der Waals surface area (Å²) in [6.07, 6.45) is 2.19. The molecule has 0 spiro atoms. The largest absolute Gasteiger partial charge is 0.350 e. The van der Waals surface area contributed by atoms with Crippen molar-refractivity contribution in [1.29, 1.82) is 0 Å². The summed E-state index contributed by atoms with van der Waals surface area (Å²) in [4.78, 5) is 13.5.